The molecule has 0 bridgehead atoms. The Kier molecular flexibility index (Phi) is 4.71. The summed E-state index contributed by atoms with van der Waals surface area (Å²) in [5.74, 6) is 0.938. The van der Waals surface area contributed by atoms with Crippen molar-refractivity contribution in [3.05, 3.63) is 70.1 Å². The number of hydrogen-bond donors (Lipinski definition) is 2. The molecule has 28 heavy (non-hydrogen) atoms. The predicted octanol–water partition coefficient (Wildman–Crippen LogP) is 3.40. The van der Waals surface area contributed by atoms with Crippen LogP contribution in [0, 0.1) is 0 Å². The minimum atomic E-state index is -4.35. The summed E-state index contributed by atoms with van der Waals surface area (Å²) >= 11 is 1.37. The number of benzene rings is 2. The van der Waals surface area contributed by atoms with Gasteiger partial charge in [0, 0.05) is 6.54 Å². The summed E-state index contributed by atoms with van der Waals surface area (Å²) in [6, 6.07) is 12.2. The highest BCUT2D eigenvalue weighted by Crippen LogP contribution is 2.29. The number of nitrogens with one attached hydrogen (secondary N) is 2. The van der Waals surface area contributed by atoms with E-state index in [9.17, 15) is 18.0 Å². The minimum Gasteiger partial charge on any atom is -0.359 e. The molecule has 10 heteroatoms. The van der Waals surface area contributed by atoms with Gasteiger partial charge in [0.05, 0.1) is 22.3 Å². The van der Waals surface area contributed by atoms with Gasteiger partial charge in [-0.3, -0.25) is 0 Å². The second-order valence-corrected chi connectivity index (χ2v) is 7.01. The Hall–Kier alpha value is -3.01. The van der Waals surface area contributed by atoms with Crippen LogP contribution in [0.25, 0.3) is 11.0 Å². The van der Waals surface area contributed by atoms with Gasteiger partial charge >= 0.3 is 11.9 Å². The molecule has 0 fully saturated rings. The van der Waals surface area contributed by atoms with Crippen LogP contribution in [0.3, 0.4) is 0 Å². The molecule has 144 valence electrons. The molecule has 0 radical (unpaired) electrons. The fourth-order valence-electron chi connectivity index (χ4n) is 2.79. The number of para-hydroxylation sites is 2. The number of nitrogens with zero attached hydrogens (tertiary/aromatic N) is 3. The van der Waals surface area contributed by atoms with Crippen molar-refractivity contribution in [2.24, 2.45) is 10.2 Å². The Morgan fingerprint density at radius 3 is 2.54 bits per heavy atom. The first-order chi connectivity index (χ1) is 13.4. The van der Waals surface area contributed by atoms with Gasteiger partial charge in [-0.25, -0.2) is 9.36 Å². The monoisotopic (exact) mass is 405 g/mol. The van der Waals surface area contributed by atoms with E-state index in [0.29, 0.717) is 28.9 Å². The number of thioether (sulfide) groups is 1. The number of fused-ring (bicyclic) bond motifs is 1. The van der Waals surface area contributed by atoms with Crippen molar-refractivity contribution < 1.29 is 13.2 Å². The SMILES string of the molecule is O=c1[nH]c2ccccc2n1C1=NN=C(NCc2ccc(C(F)(F)F)cc2)SC1. The topological polar surface area (TPSA) is 74.5 Å². The van der Waals surface area contributed by atoms with Crippen LogP contribution in [-0.4, -0.2) is 26.3 Å². The van der Waals surface area contributed by atoms with E-state index in [2.05, 4.69) is 20.5 Å². The molecular weight excluding hydrogens is 391 g/mol. The summed E-state index contributed by atoms with van der Waals surface area (Å²) in [7, 11) is 0. The predicted molar refractivity (Wildman–Crippen MR) is 104 cm³/mol. The summed E-state index contributed by atoms with van der Waals surface area (Å²) in [6.07, 6.45) is -4.35. The molecule has 6 nitrogen and oxygen atoms in total. The Morgan fingerprint density at radius 1 is 1.11 bits per heavy atom. The highest BCUT2D eigenvalue weighted by atomic mass is 32.2. The number of rotatable bonds is 2. The van der Waals surface area contributed by atoms with Gasteiger partial charge in [0.25, 0.3) is 0 Å². The lowest BCUT2D eigenvalue weighted by Crippen LogP contribution is -2.31. The number of aromatic nitrogens is 2. The second-order valence-electron chi connectivity index (χ2n) is 6.04. The van der Waals surface area contributed by atoms with E-state index >= 15 is 0 Å². The Balaban J connectivity index is 1.47. The summed E-state index contributed by atoms with van der Waals surface area (Å²) in [5.41, 5.74) is 1.17. The molecule has 1 aliphatic rings. The third-order valence-electron chi connectivity index (χ3n) is 4.17. The lowest BCUT2D eigenvalue weighted by Gasteiger charge is -2.14. The van der Waals surface area contributed by atoms with Gasteiger partial charge in [-0.05, 0) is 29.8 Å². The lowest BCUT2D eigenvalue weighted by atomic mass is 10.1. The van der Waals surface area contributed by atoms with Gasteiger partial charge in [-0.2, -0.15) is 13.2 Å². The second kappa shape index (κ2) is 7.19. The Bertz CT molecular complexity index is 1130. The van der Waals surface area contributed by atoms with Gasteiger partial charge in [-0.15, -0.1) is 10.2 Å². The van der Waals surface area contributed by atoms with Gasteiger partial charge < -0.3 is 10.3 Å². The first kappa shape index (κ1) is 18.4. The van der Waals surface area contributed by atoms with E-state index in [1.54, 1.807) is 0 Å². The quantitative estimate of drug-likeness (QED) is 0.686. The van der Waals surface area contributed by atoms with Crippen molar-refractivity contribution in [2.75, 3.05) is 5.75 Å². The Morgan fingerprint density at radius 2 is 1.86 bits per heavy atom. The number of hydrogen-bond acceptors (Lipinski definition) is 5. The zero-order valence-corrected chi connectivity index (χ0v) is 15.1. The first-order valence-corrected chi connectivity index (χ1v) is 9.28. The molecule has 0 aliphatic carbocycles. The zero-order chi connectivity index (χ0) is 19.7. The van der Waals surface area contributed by atoms with Crippen LogP contribution in [0.4, 0.5) is 13.2 Å². The van der Waals surface area contributed by atoms with Crippen molar-refractivity contribution in [1.82, 2.24) is 14.9 Å². The first-order valence-electron chi connectivity index (χ1n) is 8.29. The van der Waals surface area contributed by atoms with E-state index in [4.69, 9.17) is 0 Å². The molecule has 2 heterocycles. The average Bonchev–Trinajstić information content (AvgIpc) is 3.02. The van der Waals surface area contributed by atoms with Crippen LogP contribution in [0.2, 0.25) is 0 Å². The standard InChI is InChI=1S/C18H14F3N5OS/c19-18(20,21)12-7-5-11(6-8-12)9-22-16-25-24-15(10-28-16)26-14-4-2-1-3-13(14)23-17(26)27/h1-8H,9-10H2,(H,22,25)(H,23,27). The number of imidazole rings is 1. The van der Waals surface area contributed by atoms with Crippen LogP contribution in [-0.2, 0) is 12.7 Å². The molecule has 2 N–H and O–H groups in total. The largest absolute Gasteiger partial charge is 0.416 e. The van der Waals surface area contributed by atoms with Crippen LogP contribution >= 0.6 is 11.8 Å². The van der Waals surface area contributed by atoms with Crippen LogP contribution in [0.15, 0.2) is 63.5 Å². The van der Waals surface area contributed by atoms with E-state index in [0.717, 1.165) is 23.2 Å². The molecule has 3 aromatic rings. The average molecular weight is 405 g/mol. The van der Waals surface area contributed by atoms with Gasteiger partial charge in [0.1, 0.15) is 0 Å². The summed E-state index contributed by atoms with van der Waals surface area (Å²) in [5, 5.41) is 11.8. The molecule has 2 aromatic carbocycles. The molecule has 0 atom stereocenters. The van der Waals surface area contributed by atoms with Crippen LogP contribution in [0.1, 0.15) is 11.1 Å². The van der Waals surface area contributed by atoms with Gasteiger partial charge in [0.2, 0.25) is 0 Å². The lowest BCUT2D eigenvalue weighted by molar-refractivity contribution is -0.137. The molecule has 0 saturated heterocycles. The molecule has 0 unspecified atom stereocenters. The smallest absolute Gasteiger partial charge is 0.359 e. The van der Waals surface area contributed by atoms with Crippen molar-refractivity contribution >= 4 is 33.8 Å². The van der Waals surface area contributed by atoms with E-state index in [1.165, 1.54) is 28.5 Å². The van der Waals surface area contributed by atoms with Gasteiger partial charge in [-0.1, -0.05) is 36.0 Å². The highest BCUT2D eigenvalue weighted by Gasteiger charge is 2.29. The maximum absolute atomic E-state index is 12.6. The maximum atomic E-state index is 12.6. The van der Waals surface area contributed by atoms with Crippen molar-refractivity contribution in [3.63, 3.8) is 0 Å². The van der Waals surface area contributed by atoms with Crippen LogP contribution in [0.5, 0.6) is 0 Å². The highest BCUT2D eigenvalue weighted by molar-refractivity contribution is 8.14. The Labute approximate surface area is 161 Å². The number of aromatic amines is 1. The zero-order valence-electron chi connectivity index (χ0n) is 14.3. The molecule has 1 aliphatic heterocycles. The van der Waals surface area contributed by atoms with E-state index < -0.39 is 11.7 Å². The summed E-state index contributed by atoms with van der Waals surface area (Å²) in [4.78, 5) is 15.0. The fraction of sp³-hybridized carbons (Fsp3) is 0.167. The summed E-state index contributed by atoms with van der Waals surface area (Å²) in [6.45, 7) is 0.321. The molecule has 0 spiro atoms. The number of alkyl halides is 3. The maximum Gasteiger partial charge on any atom is 0.416 e. The van der Waals surface area contributed by atoms with Crippen molar-refractivity contribution in [2.45, 2.75) is 12.7 Å². The third kappa shape index (κ3) is 3.68. The minimum absolute atomic E-state index is 0.281. The fourth-order valence-corrected chi connectivity index (χ4v) is 3.52. The molecule has 1 aromatic heterocycles. The molecule has 0 saturated carbocycles. The van der Waals surface area contributed by atoms with E-state index in [-0.39, 0.29) is 5.69 Å². The number of halogens is 3. The molecule has 4 rings (SSSR count). The van der Waals surface area contributed by atoms with Crippen molar-refractivity contribution in [1.29, 1.82) is 0 Å². The normalized spacial score (nSPS) is 14.7. The summed E-state index contributed by atoms with van der Waals surface area (Å²) < 4.78 is 39.3. The third-order valence-corrected chi connectivity index (χ3v) is 5.07. The molecule has 0 amide bonds. The number of amidine groups is 1. The molecular formula is C18H14F3N5OS. The van der Waals surface area contributed by atoms with Crippen molar-refractivity contribution in [3.8, 4) is 0 Å². The van der Waals surface area contributed by atoms with E-state index in [1.807, 2.05) is 24.3 Å². The van der Waals surface area contributed by atoms with Crippen LogP contribution < -0.4 is 11.0 Å². The number of H-pyrrole nitrogens is 1. The van der Waals surface area contributed by atoms with Gasteiger partial charge in [0.15, 0.2) is 11.0 Å².